The van der Waals surface area contributed by atoms with E-state index in [0.29, 0.717) is 16.9 Å². The highest BCUT2D eigenvalue weighted by molar-refractivity contribution is 7.12. The molecular formula is C24H27N3O4S. The number of ether oxygens (including phenoxy) is 1. The van der Waals surface area contributed by atoms with E-state index in [4.69, 9.17) is 4.74 Å². The number of aryl methyl sites for hydroxylation is 4. The molecule has 1 aromatic carbocycles. The Morgan fingerprint density at radius 1 is 1.03 bits per heavy atom. The molecule has 0 saturated carbocycles. The quantitative estimate of drug-likeness (QED) is 0.397. The SMILES string of the molecule is Cc1ccc(-n2nc(C)c(NC(=O)COC(=O)CCC(=O)c3cc(C)sc3C)c2C)cc1. The topological polar surface area (TPSA) is 90.3 Å². The predicted molar refractivity (Wildman–Crippen MR) is 125 cm³/mol. The first-order valence-corrected chi connectivity index (χ1v) is 11.2. The van der Waals surface area contributed by atoms with E-state index in [-0.39, 0.29) is 18.6 Å². The molecule has 0 bridgehead atoms. The smallest absolute Gasteiger partial charge is 0.306 e. The molecule has 8 heteroatoms. The average molecular weight is 454 g/mol. The van der Waals surface area contributed by atoms with E-state index < -0.39 is 18.5 Å². The zero-order valence-corrected chi connectivity index (χ0v) is 19.8. The van der Waals surface area contributed by atoms with Crippen molar-refractivity contribution in [1.29, 1.82) is 0 Å². The van der Waals surface area contributed by atoms with Crippen molar-refractivity contribution >= 4 is 34.7 Å². The fourth-order valence-electron chi connectivity index (χ4n) is 3.41. The lowest BCUT2D eigenvalue weighted by Gasteiger charge is -2.08. The van der Waals surface area contributed by atoms with Crippen LogP contribution in [0.4, 0.5) is 5.69 Å². The summed E-state index contributed by atoms with van der Waals surface area (Å²) in [4.78, 5) is 38.6. The summed E-state index contributed by atoms with van der Waals surface area (Å²) in [5.74, 6) is -1.13. The van der Waals surface area contributed by atoms with Crippen molar-refractivity contribution in [1.82, 2.24) is 9.78 Å². The second kappa shape index (κ2) is 9.91. The number of hydrogen-bond donors (Lipinski definition) is 1. The number of carbonyl (C=O) groups excluding carboxylic acids is 3. The van der Waals surface area contributed by atoms with Gasteiger partial charge in [0.2, 0.25) is 0 Å². The number of carbonyl (C=O) groups is 3. The predicted octanol–water partition coefficient (Wildman–Crippen LogP) is 4.62. The number of ketones is 1. The Morgan fingerprint density at radius 2 is 1.72 bits per heavy atom. The van der Waals surface area contributed by atoms with Gasteiger partial charge in [0.05, 0.1) is 29.2 Å². The summed E-state index contributed by atoms with van der Waals surface area (Å²) < 4.78 is 6.81. The molecule has 168 valence electrons. The third-order valence-electron chi connectivity index (χ3n) is 5.10. The lowest BCUT2D eigenvalue weighted by Crippen LogP contribution is -2.21. The maximum Gasteiger partial charge on any atom is 0.306 e. The highest BCUT2D eigenvalue weighted by atomic mass is 32.1. The van der Waals surface area contributed by atoms with E-state index in [1.807, 2.05) is 58.0 Å². The van der Waals surface area contributed by atoms with E-state index in [1.54, 1.807) is 22.9 Å². The summed E-state index contributed by atoms with van der Waals surface area (Å²) in [6, 6.07) is 9.75. The molecule has 0 fully saturated rings. The van der Waals surface area contributed by atoms with Gasteiger partial charge in [0.15, 0.2) is 12.4 Å². The fraction of sp³-hybridized carbons (Fsp3) is 0.333. The van der Waals surface area contributed by atoms with Crippen molar-refractivity contribution in [3.8, 4) is 5.69 Å². The van der Waals surface area contributed by atoms with Gasteiger partial charge in [0, 0.05) is 21.7 Å². The molecular weight excluding hydrogens is 426 g/mol. The summed E-state index contributed by atoms with van der Waals surface area (Å²) in [5, 5.41) is 7.27. The average Bonchev–Trinajstić information content (AvgIpc) is 3.23. The van der Waals surface area contributed by atoms with Crippen LogP contribution in [0.25, 0.3) is 5.69 Å². The minimum Gasteiger partial charge on any atom is -0.456 e. The van der Waals surface area contributed by atoms with E-state index >= 15 is 0 Å². The first kappa shape index (κ1) is 23.4. The van der Waals surface area contributed by atoms with Crippen LogP contribution in [0, 0.1) is 34.6 Å². The van der Waals surface area contributed by atoms with Gasteiger partial charge in [0.1, 0.15) is 0 Å². The van der Waals surface area contributed by atoms with Crippen LogP contribution in [0.15, 0.2) is 30.3 Å². The number of nitrogens with zero attached hydrogens (tertiary/aromatic N) is 2. The Kier molecular flexibility index (Phi) is 7.25. The highest BCUT2D eigenvalue weighted by Crippen LogP contribution is 2.24. The van der Waals surface area contributed by atoms with Crippen molar-refractivity contribution in [2.45, 2.75) is 47.5 Å². The third kappa shape index (κ3) is 5.50. The van der Waals surface area contributed by atoms with Gasteiger partial charge in [-0.05, 0) is 52.8 Å². The Labute approximate surface area is 191 Å². The van der Waals surface area contributed by atoms with Gasteiger partial charge in [-0.1, -0.05) is 17.7 Å². The highest BCUT2D eigenvalue weighted by Gasteiger charge is 2.18. The number of thiophene rings is 1. The van der Waals surface area contributed by atoms with Crippen molar-refractivity contribution < 1.29 is 19.1 Å². The lowest BCUT2D eigenvalue weighted by molar-refractivity contribution is -0.147. The molecule has 0 unspecified atom stereocenters. The van der Waals surface area contributed by atoms with Gasteiger partial charge in [-0.15, -0.1) is 11.3 Å². The molecule has 0 atom stereocenters. The molecule has 3 rings (SSSR count). The monoisotopic (exact) mass is 453 g/mol. The molecule has 7 nitrogen and oxygen atoms in total. The van der Waals surface area contributed by atoms with Crippen molar-refractivity contribution in [2.75, 3.05) is 11.9 Å². The first-order valence-electron chi connectivity index (χ1n) is 10.3. The number of nitrogens with one attached hydrogen (secondary N) is 1. The van der Waals surface area contributed by atoms with Crippen LogP contribution in [0.3, 0.4) is 0 Å². The summed E-state index contributed by atoms with van der Waals surface area (Å²) in [5.41, 5.74) is 4.71. The molecule has 0 aliphatic heterocycles. The standard InChI is InChI=1S/C24H27N3O4S/c1-14-6-8-19(9-7-14)27-17(4)24(16(3)26-27)25-22(29)13-31-23(30)11-10-21(28)20-12-15(2)32-18(20)5/h6-9,12H,10-11,13H2,1-5H3,(H,25,29). The van der Waals surface area contributed by atoms with E-state index in [2.05, 4.69) is 10.4 Å². The molecule has 3 aromatic rings. The Hall–Kier alpha value is -3.26. The Bertz CT molecular complexity index is 1160. The molecule has 2 aromatic heterocycles. The summed E-state index contributed by atoms with van der Waals surface area (Å²) >= 11 is 1.55. The van der Waals surface area contributed by atoms with Crippen LogP contribution in [0.2, 0.25) is 0 Å². The van der Waals surface area contributed by atoms with Crippen molar-refractivity contribution in [2.24, 2.45) is 0 Å². The van der Waals surface area contributed by atoms with Gasteiger partial charge in [0.25, 0.3) is 5.91 Å². The lowest BCUT2D eigenvalue weighted by atomic mass is 10.1. The molecule has 0 aliphatic carbocycles. The summed E-state index contributed by atoms with van der Waals surface area (Å²) in [7, 11) is 0. The number of anilines is 1. The van der Waals surface area contributed by atoms with Crippen molar-refractivity contribution in [3.63, 3.8) is 0 Å². The van der Waals surface area contributed by atoms with Crippen molar-refractivity contribution in [3.05, 3.63) is 62.6 Å². The number of hydrogen-bond acceptors (Lipinski definition) is 6. The van der Waals surface area contributed by atoms with Crippen LogP contribution in [-0.2, 0) is 14.3 Å². The maximum atomic E-state index is 12.3. The number of aromatic nitrogens is 2. The molecule has 1 amide bonds. The van der Waals surface area contributed by atoms with E-state index in [1.165, 1.54) is 0 Å². The third-order valence-corrected chi connectivity index (χ3v) is 6.06. The second-order valence-corrected chi connectivity index (χ2v) is 9.21. The van der Waals surface area contributed by atoms with Crippen LogP contribution < -0.4 is 5.32 Å². The Morgan fingerprint density at radius 3 is 2.34 bits per heavy atom. The fourth-order valence-corrected chi connectivity index (χ4v) is 4.36. The number of rotatable bonds is 8. The van der Waals surface area contributed by atoms with Crippen LogP contribution >= 0.6 is 11.3 Å². The van der Waals surface area contributed by atoms with Crippen LogP contribution in [0.1, 0.15) is 49.9 Å². The molecule has 0 saturated heterocycles. The first-order chi connectivity index (χ1) is 15.2. The van der Waals surface area contributed by atoms with Gasteiger partial charge in [-0.3, -0.25) is 14.4 Å². The minimum atomic E-state index is -0.582. The van der Waals surface area contributed by atoms with E-state index in [9.17, 15) is 14.4 Å². The van der Waals surface area contributed by atoms with Gasteiger partial charge < -0.3 is 10.1 Å². The molecule has 0 aliphatic rings. The zero-order chi connectivity index (χ0) is 23.4. The largest absolute Gasteiger partial charge is 0.456 e. The molecule has 1 N–H and O–H groups in total. The second-order valence-electron chi connectivity index (χ2n) is 7.75. The van der Waals surface area contributed by atoms with Crippen LogP contribution in [-0.4, -0.2) is 34.0 Å². The molecule has 2 heterocycles. The summed E-state index contributed by atoms with van der Waals surface area (Å²) in [6.07, 6.45) is -0.0110. The number of benzene rings is 1. The van der Waals surface area contributed by atoms with Gasteiger partial charge in [-0.2, -0.15) is 5.10 Å². The van der Waals surface area contributed by atoms with Gasteiger partial charge in [-0.25, -0.2) is 4.68 Å². The zero-order valence-electron chi connectivity index (χ0n) is 18.9. The molecule has 0 spiro atoms. The molecule has 0 radical (unpaired) electrons. The van der Waals surface area contributed by atoms with E-state index in [0.717, 1.165) is 26.7 Å². The number of amides is 1. The number of esters is 1. The Balaban J connectivity index is 1.52. The minimum absolute atomic E-state index is 0.0546. The van der Waals surface area contributed by atoms with Crippen LogP contribution in [0.5, 0.6) is 0 Å². The normalized spacial score (nSPS) is 10.8. The van der Waals surface area contributed by atoms with Gasteiger partial charge >= 0.3 is 5.97 Å². The molecule has 32 heavy (non-hydrogen) atoms. The number of Topliss-reactive ketones (excluding diaryl/α,β-unsaturated/α-hetero) is 1. The maximum absolute atomic E-state index is 12.3. The summed E-state index contributed by atoms with van der Waals surface area (Å²) in [6.45, 7) is 9.09.